The molecule has 0 nitrogen and oxygen atoms in total. The summed E-state index contributed by atoms with van der Waals surface area (Å²) in [7, 11) is 0. The summed E-state index contributed by atoms with van der Waals surface area (Å²) in [5.74, 6) is 0.608. The third-order valence-corrected chi connectivity index (χ3v) is 4.14. The van der Waals surface area contributed by atoms with E-state index in [2.05, 4.69) is 41.1 Å². The first-order valence-electron chi connectivity index (χ1n) is 3.95. The molecule has 0 aliphatic rings. The number of halogens is 2. The SMILES string of the molecule is Cc1cc(Br)cc2cc(CCl)sc12. The van der Waals surface area contributed by atoms with Gasteiger partial charge in [0.2, 0.25) is 0 Å². The van der Waals surface area contributed by atoms with E-state index < -0.39 is 0 Å². The van der Waals surface area contributed by atoms with Gasteiger partial charge < -0.3 is 0 Å². The van der Waals surface area contributed by atoms with Crippen LogP contribution >= 0.6 is 38.9 Å². The Morgan fingerprint density at radius 2 is 2.15 bits per heavy atom. The molecule has 0 radical (unpaired) electrons. The summed E-state index contributed by atoms with van der Waals surface area (Å²) < 4.78 is 2.48. The zero-order valence-electron chi connectivity index (χ0n) is 7.10. The maximum atomic E-state index is 5.79. The molecular weight excluding hydrogens is 268 g/mol. The summed E-state index contributed by atoms with van der Waals surface area (Å²) in [6, 6.07) is 6.43. The van der Waals surface area contributed by atoms with Crippen LogP contribution in [0.1, 0.15) is 10.4 Å². The first-order valence-corrected chi connectivity index (χ1v) is 6.09. The van der Waals surface area contributed by atoms with Crippen LogP contribution in [-0.2, 0) is 5.88 Å². The van der Waals surface area contributed by atoms with Crippen LogP contribution in [0.5, 0.6) is 0 Å². The van der Waals surface area contributed by atoms with Gasteiger partial charge in [-0.15, -0.1) is 22.9 Å². The summed E-state index contributed by atoms with van der Waals surface area (Å²) in [6.45, 7) is 2.13. The highest BCUT2D eigenvalue weighted by Gasteiger charge is 2.04. The Morgan fingerprint density at radius 3 is 2.85 bits per heavy atom. The zero-order chi connectivity index (χ0) is 9.42. The first kappa shape index (κ1) is 9.50. The topological polar surface area (TPSA) is 0 Å². The fourth-order valence-electron chi connectivity index (χ4n) is 1.40. The van der Waals surface area contributed by atoms with Crippen molar-refractivity contribution in [3.63, 3.8) is 0 Å². The largest absolute Gasteiger partial charge is 0.139 e. The van der Waals surface area contributed by atoms with Gasteiger partial charge in [-0.2, -0.15) is 0 Å². The molecule has 13 heavy (non-hydrogen) atoms. The minimum atomic E-state index is 0.608. The highest BCUT2D eigenvalue weighted by Crippen LogP contribution is 2.31. The second-order valence-corrected chi connectivity index (χ2v) is 5.31. The van der Waals surface area contributed by atoms with Gasteiger partial charge in [-0.05, 0) is 36.1 Å². The van der Waals surface area contributed by atoms with Crippen molar-refractivity contribution in [3.8, 4) is 0 Å². The van der Waals surface area contributed by atoms with Crippen molar-refractivity contribution in [2.45, 2.75) is 12.8 Å². The van der Waals surface area contributed by atoms with Crippen molar-refractivity contribution in [3.05, 3.63) is 33.1 Å². The van der Waals surface area contributed by atoms with Crippen LogP contribution in [0, 0.1) is 6.92 Å². The molecule has 0 spiro atoms. The molecule has 1 heterocycles. The predicted molar refractivity (Wildman–Crippen MR) is 63.8 cm³/mol. The van der Waals surface area contributed by atoms with Gasteiger partial charge in [0.25, 0.3) is 0 Å². The molecule has 0 bridgehead atoms. The van der Waals surface area contributed by atoms with Crippen molar-refractivity contribution in [1.82, 2.24) is 0 Å². The average molecular weight is 276 g/mol. The maximum Gasteiger partial charge on any atom is 0.0568 e. The average Bonchev–Trinajstić information content (AvgIpc) is 2.47. The van der Waals surface area contributed by atoms with Gasteiger partial charge in [0, 0.05) is 14.0 Å². The van der Waals surface area contributed by atoms with E-state index in [4.69, 9.17) is 11.6 Å². The Balaban J connectivity index is 2.75. The van der Waals surface area contributed by atoms with Crippen LogP contribution in [-0.4, -0.2) is 0 Å². The third-order valence-electron chi connectivity index (χ3n) is 1.95. The lowest BCUT2D eigenvalue weighted by atomic mass is 10.2. The third kappa shape index (κ3) is 1.76. The molecule has 0 amide bonds. The molecule has 0 unspecified atom stereocenters. The van der Waals surface area contributed by atoms with Crippen molar-refractivity contribution in [1.29, 1.82) is 0 Å². The summed E-state index contributed by atoms with van der Waals surface area (Å²) in [6.07, 6.45) is 0. The number of alkyl halides is 1. The number of thiophene rings is 1. The summed E-state index contributed by atoms with van der Waals surface area (Å²) in [5.41, 5.74) is 1.31. The number of rotatable bonds is 1. The number of benzene rings is 1. The van der Waals surface area contributed by atoms with E-state index in [-0.39, 0.29) is 0 Å². The standard InChI is InChI=1S/C10H8BrClS/c1-6-2-8(11)3-7-4-9(5-12)13-10(6)7/h2-4H,5H2,1H3. The molecule has 0 saturated carbocycles. The smallest absolute Gasteiger partial charge is 0.0568 e. The Labute approximate surface area is 94.7 Å². The second-order valence-electron chi connectivity index (χ2n) is 2.99. The van der Waals surface area contributed by atoms with Crippen molar-refractivity contribution in [2.75, 3.05) is 0 Å². The van der Waals surface area contributed by atoms with E-state index in [1.165, 1.54) is 20.5 Å². The van der Waals surface area contributed by atoms with E-state index >= 15 is 0 Å². The molecule has 1 aromatic heterocycles. The summed E-state index contributed by atoms with van der Waals surface area (Å²) >= 11 is 11.1. The number of hydrogen-bond acceptors (Lipinski definition) is 1. The van der Waals surface area contributed by atoms with Crippen LogP contribution in [0.2, 0.25) is 0 Å². The van der Waals surface area contributed by atoms with E-state index in [1.807, 2.05) is 0 Å². The van der Waals surface area contributed by atoms with Gasteiger partial charge in [-0.25, -0.2) is 0 Å². The Hall–Kier alpha value is -0.0500. The lowest BCUT2D eigenvalue weighted by Crippen LogP contribution is -1.71. The van der Waals surface area contributed by atoms with Gasteiger partial charge in [0.15, 0.2) is 0 Å². The number of hydrogen-bond donors (Lipinski definition) is 0. The lowest BCUT2D eigenvalue weighted by Gasteiger charge is -1.95. The summed E-state index contributed by atoms with van der Waals surface area (Å²) in [5, 5.41) is 1.28. The molecule has 0 aliphatic heterocycles. The quantitative estimate of drug-likeness (QED) is 0.661. The predicted octanol–water partition coefficient (Wildman–Crippen LogP) is 4.71. The Kier molecular flexibility index (Phi) is 2.63. The van der Waals surface area contributed by atoms with Crippen molar-refractivity contribution >= 4 is 49.0 Å². The normalized spacial score (nSPS) is 11.0. The monoisotopic (exact) mass is 274 g/mol. The van der Waals surface area contributed by atoms with Crippen LogP contribution < -0.4 is 0 Å². The molecular formula is C10H8BrClS. The fourth-order valence-corrected chi connectivity index (χ4v) is 3.19. The molecule has 0 fully saturated rings. The highest BCUT2D eigenvalue weighted by atomic mass is 79.9. The van der Waals surface area contributed by atoms with Gasteiger partial charge in [0.05, 0.1) is 5.88 Å². The molecule has 0 atom stereocenters. The molecule has 68 valence electrons. The van der Waals surface area contributed by atoms with E-state index in [0.717, 1.165) is 4.47 Å². The van der Waals surface area contributed by atoms with Gasteiger partial charge >= 0.3 is 0 Å². The van der Waals surface area contributed by atoms with Crippen LogP contribution in [0.4, 0.5) is 0 Å². The number of fused-ring (bicyclic) bond motifs is 1. The summed E-state index contributed by atoms with van der Waals surface area (Å²) in [4.78, 5) is 1.23. The van der Waals surface area contributed by atoms with E-state index in [1.54, 1.807) is 11.3 Å². The van der Waals surface area contributed by atoms with E-state index in [0.29, 0.717) is 5.88 Å². The first-order chi connectivity index (χ1) is 6.20. The highest BCUT2D eigenvalue weighted by molar-refractivity contribution is 9.10. The fraction of sp³-hybridized carbons (Fsp3) is 0.200. The van der Waals surface area contributed by atoms with Gasteiger partial charge in [-0.1, -0.05) is 15.9 Å². The maximum absolute atomic E-state index is 5.79. The molecule has 0 N–H and O–H groups in total. The minimum Gasteiger partial charge on any atom is -0.139 e. The molecule has 1 aromatic carbocycles. The number of aryl methyl sites for hydroxylation is 1. The van der Waals surface area contributed by atoms with Crippen LogP contribution in [0.25, 0.3) is 10.1 Å². The Morgan fingerprint density at radius 1 is 1.38 bits per heavy atom. The van der Waals surface area contributed by atoms with Crippen molar-refractivity contribution in [2.24, 2.45) is 0 Å². The van der Waals surface area contributed by atoms with Crippen LogP contribution in [0.15, 0.2) is 22.7 Å². The zero-order valence-corrected chi connectivity index (χ0v) is 10.3. The van der Waals surface area contributed by atoms with Crippen LogP contribution in [0.3, 0.4) is 0 Å². The van der Waals surface area contributed by atoms with Gasteiger partial charge in [0.1, 0.15) is 0 Å². The van der Waals surface area contributed by atoms with E-state index in [9.17, 15) is 0 Å². The minimum absolute atomic E-state index is 0.608. The Bertz CT molecular complexity index is 447. The lowest BCUT2D eigenvalue weighted by molar-refractivity contribution is 1.53. The second kappa shape index (κ2) is 3.60. The van der Waals surface area contributed by atoms with Crippen molar-refractivity contribution < 1.29 is 0 Å². The molecule has 2 aromatic rings. The molecule has 0 aliphatic carbocycles. The molecule has 3 heteroatoms. The molecule has 2 rings (SSSR count). The van der Waals surface area contributed by atoms with Gasteiger partial charge in [-0.3, -0.25) is 0 Å². The molecule has 0 saturated heterocycles.